The van der Waals surface area contributed by atoms with Gasteiger partial charge in [-0.25, -0.2) is 9.48 Å². The molecule has 1 aliphatic heterocycles. The van der Waals surface area contributed by atoms with Crippen molar-refractivity contribution in [3.05, 3.63) is 47.2 Å². The van der Waals surface area contributed by atoms with Gasteiger partial charge in [-0.3, -0.25) is 0 Å². The summed E-state index contributed by atoms with van der Waals surface area (Å²) in [7, 11) is 0. The van der Waals surface area contributed by atoms with E-state index < -0.39 is 0 Å². The van der Waals surface area contributed by atoms with Gasteiger partial charge in [0, 0.05) is 56.1 Å². The highest BCUT2D eigenvalue weighted by molar-refractivity contribution is 6.30. The molecule has 2 N–H and O–H groups in total. The third-order valence-electron chi connectivity index (χ3n) is 5.28. The molecule has 0 bridgehead atoms. The van der Waals surface area contributed by atoms with Crippen molar-refractivity contribution in [2.45, 2.75) is 26.3 Å². The third kappa shape index (κ3) is 7.03. The molecule has 1 aromatic heterocycles. The van der Waals surface area contributed by atoms with E-state index in [-0.39, 0.29) is 6.03 Å². The maximum Gasteiger partial charge on any atom is 0.315 e. The zero-order valence-electron chi connectivity index (χ0n) is 17.1. The van der Waals surface area contributed by atoms with E-state index in [1.165, 1.54) is 13.1 Å². The number of piperazine rings is 1. The number of rotatable bonds is 9. The van der Waals surface area contributed by atoms with E-state index in [9.17, 15) is 4.79 Å². The number of aromatic nitrogens is 2. The van der Waals surface area contributed by atoms with Crippen molar-refractivity contribution in [1.29, 1.82) is 0 Å². The van der Waals surface area contributed by atoms with Gasteiger partial charge in [0.25, 0.3) is 0 Å². The summed E-state index contributed by atoms with van der Waals surface area (Å²) in [6, 6.07) is 7.33. The Morgan fingerprint density at radius 2 is 1.79 bits per heavy atom. The number of carbonyl (C=O) groups excluding carboxylic acids is 1. The predicted octanol–water partition coefficient (Wildman–Crippen LogP) is 2.74. The normalized spacial score (nSPS) is 15.4. The van der Waals surface area contributed by atoms with Crippen molar-refractivity contribution in [2.75, 3.05) is 45.8 Å². The van der Waals surface area contributed by atoms with Gasteiger partial charge in [-0.05, 0) is 50.2 Å². The summed E-state index contributed by atoms with van der Waals surface area (Å²) in [6.07, 6.45) is 5.77. The molecule has 3 rings (SSSR count). The first-order valence-electron chi connectivity index (χ1n) is 10.4. The average molecular weight is 419 g/mol. The summed E-state index contributed by atoms with van der Waals surface area (Å²) in [5.74, 6) is 0. The second-order valence-corrected chi connectivity index (χ2v) is 7.80. The van der Waals surface area contributed by atoms with E-state index in [4.69, 9.17) is 11.6 Å². The van der Waals surface area contributed by atoms with Gasteiger partial charge in [0.2, 0.25) is 0 Å². The van der Waals surface area contributed by atoms with Gasteiger partial charge in [-0.2, -0.15) is 5.10 Å². The highest BCUT2D eigenvalue weighted by Gasteiger charge is 2.14. The number of urea groups is 1. The first-order chi connectivity index (χ1) is 14.1. The molecule has 2 amide bonds. The van der Waals surface area contributed by atoms with Crippen LogP contribution in [0, 0.1) is 0 Å². The number of hydrogen-bond donors (Lipinski definition) is 2. The van der Waals surface area contributed by atoms with Crippen LogP contribution in [0.3, 0.4) is 0 Å². The zero-order chi connectivity index (χ0) is 20.5. The Bertz CT molecular complexity index is 755. The molecule has 0 unspecified atom stereocenters. The fourth-order valence-corrected chi connectivity index (χ4v) is 3.55. The summed E-state index contributed by atoms with van der Waals surface area (Å²) in [5, 5.41) is 10.8. The van der Waals surface area contributed by atoms with Gasteiger partial charge in [-0.1, -0.05) is 18.5 Å². The topological polar surface area (TPSA) is 65.4 Å². The number of benzene rings is 1. The fourth-order valence-electron chi connectivity index (χ4n) is 3.42. The SMILES string of the molecule is CCN1CCN(CCCCNC(=O)NCc2cnn(-c3ccc(Cl)cc3)c2)CC1. The maximum atomic E-state index is 12.0. The first kappa shape index (κ1) is 21.6. The van der Waals surface area contributed by atoms with Gasteiger partial charge in [0.1, 0.15) is 0 Å². The van der Waals surface area contributed by atoms with Crippen LogP contribution in [0.2, 0.25) is 5.02 Å². The number of nitrogens with zero attached hydrogens (tertiary/aromatic N) is 4. The number of halogens is 1. The molecule has 0 atom stereocenters. The molecule has 2 heterocycles. The smallest absolute Gasteiger partial charge is 0.315 e. The molecule has 158 valence electrons. The molecule has 1 saturated heterocycles. The number of nitrogens with one attached hydrogen (secondary N) is 2. The lowest BCUT2D eigenvalue weighted by Crippen LogP contribution is -2.46. The van der Waals surface area contributed by atoms with E-state index in [0.29, 0.717) is 18.1 Å². The Morgan fingerprint density at radius 3 is 2.52 bits per heavy atom. The van der Waals surface area contributed by atoms with Crippen molar-refractivity contribution in [3.63, 3.8) is 0 Å². The minimum absolute atomic E-state index is 0.138. The molecule has 0 radical (unpaired) electrons. The monoisotopic (exact) mass is 418 g/mol. The van der Waals surface area contributed by atoms with E-state index >= 15 is 0 Å². The highest BCUT2D eigenvalue weighted by Crippen LogP contribution is 2.13. The van der Waals surface area contributed by atoms with Crippen LogP contribution in [0.4, 0.5) is 4.79 Å². The molecule has 8 heteroatoms. The number of amides is 2. The molecule has 7 nitrogen and oxygen atoms in total. The van der Waals surface area contributed by atoms with Crippen molar-refractivity contribution < 1.29 is 4.79 Å². The number of hydrogen-bond acceptors (Lipinski definition) is 4. The van der Waals surface area contributed by atoms with Gasteiger partial charge in [0.05, 0.1) is 11.9 Å². The van der Waals surface area contributed by atoms with E-state index in [0.717, 1.165) is 50.3 Å². The van der Waals surface area contributed by atoms with Crippen LogP contribution in [0.15, 0.2) is 36.7 Å². The van der Waals surface area contributed by atoms with Gasteiger partial charge in [0.15, 0.2) is 0 Å². The Morgan fingerprint density at radius 1 is 1.07 bits per heavy atom. The van der Waals surface area contributed by atoms with Crippen LogP contribution >= 0.6 is 11.6 Å². The largest absolute Gasteiger partial charge is 0.338 e. The fraction of sp³-hybridized carbons (Fsp3) is 0.524. The molecule has 29 heavy (non-hydrogen) atoms. The lowest BCUT2D eigenvalue weighted by atomic mass is 10.2. The predicted molar refractivity (Wildman–Crippen MR) is 117 cm³/mol. The quantitative estimate of drug-likeness (QED) is 0.614. The van der Waals surface area contributed by atoms with E-state index in [1.807, 2.05) is 30.5 Å². The molecule has 1 aromatic carbocycles. The minimum Gasteiger partial charge on any atom is -0.338 e. The van der Waals surface area contributed by atoms with E-state index in [2.05, 4.69) is 32.5 Å². The van der Waals surface area contributed by atoms with Crippen LogP contribution in [-0.2, 0) is 6.54 Å². The minimum atomic E-state index is -0.138. The number of carbonyl (C=O) groups is 1. The van der Waals surface area contributed by atoms with Crippen molar-refractivity contribution in [2.24, 2.45) is 0 Å². The second kappa shape index (κ2) is 11.2. The second-order valence-electron chi connectivity index (χ2n) is 7.36. The van der Waals surface area contributed by atoms with Gasteiger partial charge in [-0.15, -0.1) is 0 Å². The number of likely N-dealkylation sites (N-methyl/N-ethyl adjacent to an activating group) is 1. The lowest BCUT2D eigenvalue weighted by Gasteiger charge is -2.33. The average Bonchev–Trinajstić information content (AvgIpc) is 3.22. The Hall–Kier alpha value is -2.09. The highest BCUT2D eigenvalue weighted by atomic mass is 35.5. The van der Waals surface area contributed by atoms with Gasteiger partial charge < -0.3 is 20.4 Å². The first-order valence-corrected chi connectivity index (χ1v) is 10.8. The Balaban J connectivity index is 1.27. The van der Waals surface area contributed by atoms with Crippen LogP contribution in [0.25, 0.3) is 5.69 Å². The third-order valence-corrected chi connectivity index (χ3v) is 5.53. The van der Waals surface area contributed by atoms with E-state index in [1.54, 1.807) is 10.9 Å². The molecule has 2 aromatic rings. The van der Waals surface area contributed by atoms with Crippen molar-refractivity contribution in [1.82, 2.24) is 30.2 Å². The Kier molecular flexibility index (Phi) is 8.34. The molecule has 1 fully saturated rings. The molecule has 0 spiro atoms. The molecular weight excluding hydrogens is 388 g/mol. The standard InChI is InChI=1S/C21H31ClN6O/c1-2-26-11-13-27(14-12-26)10-4-3-9-23-21(29)24-15-18-16-25-28(17-18)20-7-5-19(22)6-8-20/h5-8,16-17H,2-4,9-15H2,1H3,(H2,23,24,29). The molecule has 1 aliphatic rings. The van der Waals surface area contributed by atoms with Crippen molar-refractivity contribution in [3.8, 4) is 5.69 Å². The van der Waals surface area contributed by atoms with Gasteiger partial charge >= 0.3 is 6.03 Å². The summed E-state index contributed by atoms with van der Waals surface area (Å²) >= 11 is 5.91. The van der Waals surface area contributed by atoms with Crippen LogP contribution in [0.5, 0.6) is 0 Å². The van der Waals surface area contributed by atoms with Crippen LogP contribution in [-0.4, -0.2) is 71.4 Å². The molecule has 0 aliphatic carbocycles. The Labute approximate surface area is 178 Å². The lowest BCUT2D eigenvalue weighted by molar-refractivity contribution is 0.135. The summed E-state index contributed by atoms with van der Waals surface area (Å²) in [6.45, 7) is 10.3. The van der Waals surface area contributed by atoms with Crippen LogP contribution < -0.4 is 10.6 Å². The summed E-state index contributed by atoms with van der Waals surface area (Å²) in [5.41, 5.74) is 1.88. The maximum absolute atomic E-state index is 12.0. The zero-order valence-corrected chi connectivity index (χ0v) is 17.9. The summed E-state index contributed by atoms with van der Waals surface area (Å²) < 4.78 is 1.77. The summed E-state index contributed by atoms with van der Waals surface area (Å²) in [4.78, 5) is 17.0. The van der Waals surface area contributed by atoms with Crippen LogP contribution in [0.1, 0.15) is 25.3 Å². The molecular formula is C21H31ClN6O. The number of unbranched alkanes of at least 4 members (excludes halogenated alkanes) is 1. The molecule has 0 saturated carbocycles. The van der Waals surface area contributed by atoms with Crippen molar-refractivity contribution >= 4 is 17.6 Å².